The van der Waals surface area contributed by atoms with Crippen LogP contribution in [0.2, 0.25) is 0 Å². The summed E-state index contributed by atoms with van der Waals surface area (Å²) in [7, 11) is 1.51. The summed E-state index contributed by atoms with van der Waals surface area (Å²) in [6.07, 6.45) is 0. The number of ether oxygens (including phenoxy) is 3. The predicted octanol–water partition coefficient (Wildman–Crippen LogP) is 4.28. The summed E-state index contributed by atoms with van der Waals surface area (Å²) in [4.78, 5) is 24.0. The number of carbonyl (C=O) groups excluding carboxylic acids is 2. The van der Waals surface area contributed by atoms with Gasteiger partial charge in [0, 0.05) is 5.69 Å². The van der Waals surface area contributed by atoms with E-state index in [9.17, 15) is 9.59 Å². The highest BCUT2D eigenvalue weighted by Gasteiger charge is 2.11. The van der Waals surface area contributed by atoms with Crippen LogP contribution >= 0.6 is 0 Å². The summed E-state index contributed by atoms with van der Waals surface area (Å²) in [5, 5.41) is 2.67. The lowest BCUT2D eigenvalue weighted by Crippen LogP contribution is -2.20. The van der Waals surface area contributed by atoms with E-state index < -0.39 is 18.5 Å². The van der Waals surface area contributed by atoms with Crippen molar-refractivity contribution in [2.45, 2.75) is 0 Å². The Morgan fingerprint density at radius 1 is 0.821 bits per heavy atom. The van der Waals surface area contributed by atoms with Crippen LogP contribution in [0.1, 0.15) is 10.4 Å². The van der Waals surface area contributed by atoms with Crippen molar-refractivity contribution < 1.29 is 23.8 Å². The third-order valence-corrected chi connectivity index (χ3v) is 3.76. The van der Waals surface area contributed by atoms with Crippen LogP contribution in [0, 0.1) is 0 Å². The maximum atomic E-state index is 12.0. The quantitative estimate of drug-likeness (QED) is 0.622. The number of carbonyl (C=O) groups is 2. The summed E-state index contributed by atoms with van der Waals surface area (Å²) in [5.41, 5.74) is 0.886. The number of esters is 1. The van der Waals surface area contributed by atoms with Crippen LogP contribution in [-0.4, -0.2) is 25.6 Å². The van der Waals surface area contributed by atoms with Crippen molar-refractivity contribution in [3.63, 3.8) is 0 Å². The van der Waals surface area contributed by atoms with Gasteiger partial charge in [-0.3, -0.25) is 4.79 Å². The van der Waals surface area contributed by atoms with E-state index >= 15 is 0 Å². The van der Waals surface area contributed by atoms with E-state index in [2.05, 4.69) is 5.32 Å². The molecule has 1 N–H and O–H groups in total. The fourth-order valence-electron chi connectivity index (χ4n) is 2.39. The first kappa shape index (κ1) is 19.0. The molecule has 28 heavy (non-hydrogen) atoms. The molecule has 3 rings (SSSR count). The van der Waals surface area contributed by atoms with Crippen LogP contribution in [0.25, 0.3) is 0 Å². The number of methoxy groups -OCH3 is 1. The van der Waals surface area contributed by atoms with Crippen LogP contribution in [0.15, 0.2) is 78.9 Å². The molecule has 0 saturated carbocycles. The second kappa shape index (κ2) is 9.23. The number of rotatable bonds is 7. The SMILES string of the molecule is COc1cccc(C(=O)OCC(=O)Nc2ccc(Oc3ccccc3)cc2)c1. The van der Waals surface area contributed by atoms with E-state index in [-0.39, 0.29) is 0 Å². The first-order valence-electron chi connectivity index (χ1n) is 8.58. The Labute approximate surface area is 162 Å². The van der Waals surface area contributed by atoms with Gasteiger partial charge in [-0.25, -0.2) is 4.79 Å². The lowest BCUT2D eigenvalue weighted by atomic mass is 10.2. The van der Waals surface area contributed by atoms with Crippen molar-refractivity contribution in [2.75, 3.05) is 19.0 Å². The zero-order valence-electron chi connectivity index (χ0n) is 15.3. The average Bonchev–Trinajstić information content (AvgIpc) is 2.74. The second-order valence-corrected chi connectivity index (χ2v) is 5.80. The van der Waals surface area contributed by atoms with E-state index in [4.69, 9.17) is 14.2 Å². The minimum absolute atomic E-state index is 0.314. The monoisotopic (exact) mass is 377 g/mol. The molecule has 0 radical (unpaired) electrons. The summed E-state index contributed by atoms with van der Waals surface area (Å²) in [6, 6.07) is 22.8. The molecule has 0 atom stereocenters. The zero-order chi connectivity index (χ0) is 19.8. The van der Waals surface area contributed by atoms with Crippen LogP contribution in [0.5, 0.6) is 17.2 Å². The fourth-order valence-corrected chi connectivity index (χ4v) is 2.39. The fraction of sp³-hybridized carbons (Fsp3) is 0.0909. The topological polar surface area (TPSA) is 73.9 Å². The molecule has 0 aliphatic rings. The lowest BCUT2D eigenvalue weighted by Gasteiger charge is -2.09. The van der Waals surface area contributed by atoms with Gasteiger partial charge in [0.1, 0.15) is 17.2 Å². The van der Waals surface area contributed by atoms with Crippen molar-refractivity contribution >= 4 is 17.6 Å². The summed E-state index contributed by atoms with van der Waals surface area (Å²) < 4.78 is 15.8. The van der Waals surface area contributed by atoms with E-state index in [1.165, 1.54) is 7.11 Å². The molecular weight excluding hydrogens is 358 g/mol. The highest BCUT2D eigenvalue weighted by molar-refractivity contribution is 5.95. The van der Waals surface area contributed by atoms with Crippen molar-refractivity contribution in [1.82, 2.24) is 0 Å². The summed E-state index contributed by atoms with van der Waals surface area (Å²) in [5.74, 6) is 0.878. The number of benzene rings is 3. The Balaban J connectivity index is 1.49. The number of anilines is 1. The number of nitrogens with one attached hydrogen (secondary N) is 1. The van der Waals surface area contributed by atoms with Gasteiger partial charge < -0.3 is 19.5 Å². The Bertz CT molecular complexity index is 939. The molecule has 6 heteroatoms. The van der Waals surface area contributed by atoms with Gasteiger partial charge >= 0.3 is 5.97 Å². The van der Waals surface area contributed by atoms with Crippen LogP contribution in [0.3, 0.4) is 0 Å². The van der Waals surface area contributed by atoms with Gasteiger partial charge in [-0.05, 0) is 54.6 Å². The molecule has 0 aliphatic carbocycles. The molecule has 0 heterocycles. The Kier molecular flexibility index (Phi) is 6.25. The molecule has 0 bridgehead atoms. The average molecular weight is 377 g/mol. The molecule has 1 amide bonds. The minimum Gasteiger partial charge on any atom is -0.497 e. The predicted molar refractivity (Wildman–Crippen MR) is 105 cm³/mol. The van der Waals surface area contributed by atoms with Gasteiger partial charge in [-0.2, -0.15) is 0 Å². The zero-order valence-corrected chi connectivity index (χ0v) is 15.3. The van der Waals surface area contributed by atoms with Crippen LogP contribution in [-0.2, 0) is 9.53 Å². The minimum atomic E-state index is -0.597. The highest BCUT2D eigenvalue weighted by atomic mass is 16.5. The Hall–Kier alpha value is -3.80. The molecule has 0 fully saturated rings. The Morgan fingerprint density at radius 2 is 1.50 bits per heavy atom. The maximum Gasteiger partial charge on any atom is 0.338 e. The molecular formula is C22H19NO5. The summed E-state index contributed by atoms with van der Waals surface area (Å²) >= 11 is 0. The largest absolute Gasteiger partial charge is 0.497 e. The number of hydrogen-bond acceptors (Lipinski definition) is 5. The molecule has 142 valence electrons. The van der Waals surface area contributed by atoms with E-state index in [0.717, 1.165) is 5.75 Å². The standard InChI is InChI=1S/C22H19NO5/c1-26-20-9-5-6-16(14-20)22(25)27-15-21(24)23-17-10-12-19(13-11-17)28-18-7-3-2-4-8-18/h2-14H,15H2,1H3,(H,23,24). The van der Waals surface area contributed by atoms with Gasteiger partial charge in [0.15, 0.2) is 6.61 Å². The smallest absolute Gasteiger partial charge is 0.338 e. The maximum absolute atomic E-state index is 12.0. The third-order valence-electron chi connectivity index (χ3n) is 3.76. The molecule has 0 aliphatic heterocycles. The van der Waals surface area contributed by atoms with Crippen molar-refractivity contribution in [3.8, 4) is 17.2 Å². The molecule has 0 aromatic heterocycles. The van der Waals surface area contributed by atoms with Gasteiger partial charge in [0.25, 0.3) is 5.91 Å². The molecule has 6 nitrogen and oxygen atoms in total. The van der Waals surface area contributed by atoms with Crippen LogP contribution in [0.4, 0.5) is 5.69 Å². The molecule has 3 aromatic carbocycles. The molecule has 3 aromatic rings. The number of amides is 1. The third kappa shape index (κ3) is 5.35. The van der Waals surface area contributed by atoms with Gasteiger partial charge in [0.05, 0.1) is 12.7 Å². The van der Waals surface area contributed by atoms with E-state index in [0.29, 0.717) is 22.7 Å². The number of para-hydroxylation sites is 1. The van der Waals surface area contributed by atoms with Gasteiger partial charge in [-0.1, -0.05) is 24.3 Å². The normalized spacial score (nSPS) is 10.0. The first-order valence-corrected chi connectivity index (χ1v) is 8.58. The van der Waals surface area contributed by atoms with Crippen LogP contribution < -0.4 is 14.8 Å². The number of hydrogen-bond donors (Lipinski definition) is 1. The van der Waals surface area contributed by atoms with Gasteiger partial charge in [-0.15, -0.1) is 0 Å². The lowest BCUT2D eigenvalue weighted by molar-refractivity contribution is -0.119. The highest BCUT2D eigenvalue weighted by Crippen LogP contribution is 2.22. The van der Waals surface area contributed by atoms with E-state index in [1.807, 2.05) is 30.3 Å². The molecule has 0 unspecified atom stereocenters. The first-order chi connectivity index (χ1) is 13.6. The second-order valence-electron chi connectivity index (χ2n) is 5.80. The van der Waals surface area contributed by atoms with E-state index in [1.54, 1.807) is 48.5 Å². The summed E-state index contributed by atoms with van der Waals surface area (Å²) in [6.45, 7) is -0.391. The van der Waals surface area contributed by atoms with Gasteiger partial charge in [0.2, 0.25) is 0 Å². The van der Waals surface area contributed by atoms with Crippen molar-refractivity contribution in [2.24, 2.45) is 0 Å². The van der Waals surface area contributed by atoms with Crippen molar-refractivity contribution in [3.05, 3.63) is 84.4 Å². The molecule has 0 saturated heterocycles. The molecule has 0 spiro atoms. The van der Waals surface area contributed by atoms with Crippen molar-refractivity contribution in [1.29, 1.82) is 0 Å². The Morgan fingerprint density at radius 3 is 2.21 bits per heavy atom.